The summed E-state index contributed by atoms with van der Waals surface area (Å²) >= 11 is 0. The second-order valence-corrected chi connectivity index (χ2v) is 4.88. The second kappa shape index (κ2) is 11.4. The van der Waals surface area contributed by atoms with Crippen molar-refractivity contribution >= 4 is 0 Å². The normalized spacial score (nSPS) is 20.2. The van der Waals surface area contributed by atoms with Gasteiger partial charge in [-0.3, -0.25) is 0 Å². The Morgan fingerprint density at radius 3 is 1.90 bits per heavy atom. The molecule has 1 aliphatic carbocycles. The molecule has 0 heterocycles. The van der Waals surface area contributed by atoms with Crippen LogP contribution in [0.5, 0.6) is 0 Å². The maximum absolute atomic E-state index is 3.98. The fourth-order valence-electron chi connectivity index (χ4n) is 2.90. The van der Waals surface area contributed by atoms with Crippen molar-refractivity contribution in [2.75, 3.05) is 0 Å². The van der Waals surface area contributed by atoms with Crippen LogP contribution in [-0.4, -0.2) is 0 Å². The molecule has 0 atom stereocenters. The SMILES string of the molecule is C=CC1=C(CC)C(C)(C)C(=C/C)/C1=C\C=C\C.CC.CC. The van der Waals surface area contributed by atoms with Gasteiger partial charge in [0, 0.05) is 5.41 Å². The Balaban J connectivity index is 0. The van der Waals surface area contributed by atoms with Crippen LogP contribution < -0.4 is 0 Å². The largest absolute Gasteiger partial charge is 0.0984 e. The average molecular weight is 289 g/mol. The lowest BCUT2D eigenvalue weighted by molar-refractivity contribution is 0.546. The molecule has 120 valence electrons. The molecular weight excluding hydrogens is 252 g/mol. The quantitative estimate of drug-likeness (QED) is 0.507. The summed E-state index contributed by atoms with van der Waals surface area (Å²) in [6.07, 6.45) is 11.7. The van der Waals surface area contributed by atoms with Gasteiger partial charge in [0.05, 0.1) is 0 Å². The van der Waals surface area contributed by atoms with Crippen molar-refractivity contribution < 1.29 is 0 Å². The lowest BCUT2D eigenvalue weighted by Gasteiger charge is -2.24. The zero-order valence-corrected chi connectivity index (χ0v) is 15.8. The van der Waals surface area contributed by atoms with Crippen molar-refractivity contribution in [1.29, 1.82) is 0 Å². The molecule has 0 unspecified atom stereocenters. The highest BCUT2D eigenvalue weighted by Crippen LogP contribution is 2.51. The molecule has 0 saturated heterocycles. The third kappa shape index (κ3) is 4.88. The zero-order chi connectivity index (χ0) is 17.1. The van der Waals surface area contributed by atoms with Crippen molar-refractivity contribution in [2.24, 2.45) is 5.41 Å². The molecule has 0 nitrogen and oxygen atoms in total. The molecular formula is C21H36. The van der Waals surface area contributed by atoms with Gasteiger partial charge in [0.2, 0.25) is 0 Å². The highest BCUT2D eigenvalue weighted by Gasteiger charge is 2.37. The second-order valence-electron chi connectivity index (χ2n) is 4.88. The van der Waals surface area contributed by atoms with Crippen LogP contribution in [0.3, 0.4) is 0 Å². The van der Waals surface area contributed by atoms with Crippen LogP contribution in [0, 0.1) is 5.41 Å². The Bertz CT molecular complexity index is 423. The zero-order valence-electron chi connectivity index (χ0n) is 15.8. The minimum Gasteiger partial charge on any atom is -0.0984 e. The van der Waals surface area contributed by atoms with Gasteiger partial charge >= 0.3 is 0 Å². The van der Waals surface area contributed by atoms with E-state index >= 15 is 0 Å². The van der Waals surface area contributed by atoms with Gasteiger partial charge in [0.25, 0.3) is 0 Å². The van der Waals surface area contributed by atoms with Gasteiger partial charge in [-0.15, -0.1) is 0 Å². The summed E-state index contributed by atoms with van der Waals surface area (Å²) in [5, 5.41) is 0. The molecule has 1 rings (SSSR count). The molecule has 0 aliphatic heterocycles. The van der Waals surface area contributed by atoms with Crippen LogP contribution in [0.1, 0.15) is 68.7 Å². The molecule has 21 heavy (non-hydrogen) atoms. The van der Waals surface area contributed by atoms with Crippen LogP contribution in [0.2, 0.25) is 0 Å². The van der Waals surface area contributed by atoms with Crippen LogP contribution >= 0.6 is 0 Å². The first-order chi connectivity index (χ1) is 10.0. The molecule has 0 heteroatoms. The van der Waals surface area contributed by atoms with E-state index in [0.29, 0.717) is 0 Å². The van der Waals surface area contributed by atoms with E-state index in [1.807, 2.05) is 40.7 Å². The third-order valence-corrected chi connectivity index (χ3v) is 3.63. The first kappa shape index (κ1) is 22.0. The Kier molecular flexibility index (Phi) is 11.9. The summed E-state index contributed by atoms with van der Waals surface area (Å²) in [6, 6.07) is 0. The van der Waals surface area contributed by atoms with Crippen molar-refractivity contribution in [3.05, 3.63) is 59.3 Å². The molecule has 0 saturated carbocycles. The lowest BCUT2D eigenvalue weighted by Crippen LogP contribution is -2.12. The van der Waals surface area contributed by atoms with E-state index in [9.17, 15) is 0 Å². The minimum absolute atomic E-state index is 0.139. The Morgan fingerprint density at radius 2 is 1.57 bits per heavy atom. The maximum Gasteiger partial charge on any atom is 0.0117 e. The highest BCUT2D eigenvalue weighted by atomic mass is 14.4. The molecule has 0 bridgehead atoms. The topological polar surface area (TPSA) is 0 Å². The van der Waals surface area contributed by atoms with Gasteiger partial charge in [-0.05, 0) is 37.0 Å². The molecule has 0 amide bonds. The fourth-order valence-corrected chi connectivity index (χ4v) is 2.90. The van der Waals surface area contributed by atoms with Crippen LogP contribution in [0.25, 0.3) is 0 Å². The molecule has 1 aliphatic rings. The fraction of sp³-hybridized carbons (Fsp3) is 0.524. The smallest absolute Gasteiger partial charge is 0.0117 e. The predicted octanol–water partition coefficient (Wildman–Crippen LogP) is 7.42. The Labute approximate surface area is 134 Å². The first-order valence-electron chi connectivity index (χ1n) is 8.41. The maximum atomic E-state index is 3.98. The van der Waals surface area contributed by atoms with Gasteiger partial charge in [0.15, 0.2) is 0 Å². The summed E-state index contributed by atoms with van der Waals surface area (Å²) in [4.78, 5) is 0. The van der Waals surface area contributed by atoms with Gasteiger partial charge in [0.1, 0.15) is 0 Å². The highest BCUT2D eigenvalue weighted by molar-refractivity contribution is 5.65. The van der Waals surface area contributed by atoms with E-state index in [1.165, 1.54) is 22.3 Å². The molecule has 0 aromatic heterocycles. The van der Waals surface area contributed by atoms with Crippen molar-refractivity contribution in [3.63, 3.8) is 0 Å². The van der Waals surface area contributed by atoms with Crippen molar-refractivity contribution in [2.45, 2.75) is 68.7 Å². The first-order valence-corrected chi connectivity index (χ1v) is 8.41. The van der Waals surface area contributed by atoms with Gasteiger partial charge in [-0.25, -0.2) is 0 Å². The van der Waals surface area contributed by atoms with E-state index in [1.54, 1.807) is 0 Å². The molecule has 0 aromatic carbocycles. The third-order valence-electron chi connectivity index (χ3n) is 3.63. The van der Waals surface area contributed by atoms with Crippen LogP contribution in [-0.2, 0) is 0 Å². The monoisotopic (exact) mass is 288 g/mol. The van der Waals surface area contributed by atoms with E-state index in [0.717, 1.165) is 6.42 Å². The summed E-state index contributed by atoms with van der Waals surface area (Å²) in [5.74, 6) is 0. The van der Waals surface area contributed by atoms with E-state index in [-0.39, 0.29) is 5.41 Å². The van der Waals surface area contributed by atoms with Crippen molar-refractivity contribution in [3.8, 4) is 0 Å². The van der Waals surface area contributed by atoms with E-state index in [2.05, 4.69) is 58.6 Å². The summed E-state index contributed by atoms with van der Waals surface area (Å²) in [5.41, 5.74) is 5.71. The molecule has 0 N–H and O–H groups in total. The van der Waals surface area contributed by atoms with Crippen LogP contribution in [0.4, 0.5) is 0 Å². The molecule has 0 aromatic rings. The standard InChI is InChI=1S/C17H24.2C2H6/c1-7-11-12-14-13(8-2)15(9-3)17(5,6)16(14)10-4;2*1-2/h7-8,10-12H,2,9H2,1,3-6H3;2*1-2H3/b11-7+,14-12-,16-10+;;. The molecule has 0 spiro atoms. The van der Waals surface area contributed by atoms with Crippen LogP contribution in [0.15, 0.2) is 59.3 Å². The number of hydrogen-bond acceptors (Lipinski definition) is 0. The average Bonchev–Trinajstić information content (AvgIpc) is 2.74. The molecule has 0 fully saturated rings. The summed E-state index contributed by atoms with van der Waals surface area (Å²) < 4.78 is 0. The number of hydrogen-bond donors (Lipinski definition) is 0. The number of rotatable bonds is 3. The molecule has 0 radical (unpaired) electrons. The lowest BCUT2D eigenvalue weighted by atomic mass is 9.79. The van der Waals surface area contributed by atoms with E-state index in [4.69, 9.17) is 0 Å². The Morgan fingerprint density at radius 1 is 1.05 bits per heavy atom. The Hall–Kier alpha value is -1.30. The van der Waals surface area contributed by atoms with Gasteiger partial charge in [-0.2, -0.15) is 0 Å². The van der Waals surface area contributed by atoms with E-state index < -0.39 is 0 Å². The van der Waals surface area contributed by atoms with Gasteiger partial charge in [-0.1, -0.05) is 91.0 Å². The summed E-state index contributed by atoms with van der Waals surface area (Å²) in [6.45, 7) is 23.0. The summed E-state index contributed by atoms with van der Waals surface area (Å²) in [7, 11) is 0. The minimum atomic E-state index is 0.139. The predicted molar refractivity (Wildman–Crippen MR) is 101 cm³/mol. The van der Waals surface area contributed by atoms with Crippen molar-refractivity contribution in [1.82, 2.24) is 0 Å². The number of allylic oxidation sites excluding steroid dienone is 9. The van der Waals surface area contributed by atoms with Gasteiger partial charge < -0.3 is 0 Å².